The molecule has 1 amide bonds. The van der Waals surface area contributed by atoms with E-state index < -0.39 is 11.5 Å². The van der Waals surface area contributed by atoms with Gasteiger partial charge in [0.15, 0.2) is 5.60 Å². The molecule has 120 valence electrons. The molecule has 1 heterocycles. The lowest BCUT2D eigenvalue weighted by atomic mass is 9.85. The summed E-state index contributed by atoms with van der Waals surface area (Å²) in [5.74, 6) is -0.426. The number of nitrogens with one attached hydrogen (secondary N) is 1. The monoisotopic (exact) mass is 311 g/mol. The van der Waals surface area contributed by atoms with Gasteiger partial charge in [0.1, 0.15) is 0 Å². The lowest BCUT2D eigenvalue weighted by Crippen LogP contribution is -2.47. The fourth-order valence-corrected chi connectivity index (χ4v) is 2.93. The van der Waals surface area contributed by atoms with Crippen molar-refractivity contribution in [1.82, 2.24) is 5.32 Å². The molecule has 23 heavy (non-hydrogen) atoms. The van der Waals surface area contributed by atoms with Crippen LogP contribution in [0.15, 0.2) is 60.7 Å². The highest BCUT2D eigenvalue weighted by Gasteiger charge is 2.39. The van der Waals surface area contributed by atoms with Gasteiger partial charge in [-0.1, -0.05) is 60.7 Å². The Morgan fingerprint density at radius 2 is 1.65 bits per heavy atom. The number of carbonyl (C=O) groups is 1. The van der Waals surface area contributed by atoms with Crippen LogP contribution in [0.4, 0.5) is 0 Å². The zero-order valence-electron chi connectivity index (χ0n) is 12.9. The molecule has 1 aliphatic heterocycles. The van der Waals surface area contributed by atoms with Gasteiger partial charge in [-0.15, -0.1) is 0 Å². The first-order chi connectivity index (χ1) is 11.2. The Kier molecular flexibility index (Phi) is 4.74. The summed E-state index contributed by atoms with van der Waals surface area (Å²) in [4.78, 5) is 12.8. The molecule has 3 rings (SSSR count). The van der Waals surface area contributed by atoms with Gasteiger partial charge in [-0.2, -0.15) is 0 Å². The van der Waals surface area contributed by atoms with Crippen LogP contribution in [0.1, 0.15) is 24.0 Å². The summed E-state index contributed by atoms with van der Waals surface area (Å²) in [6.07, 6.45) is 1.99. The van der Waals surface area contributed by atoms with E-state index >= 15 is 0 Å². The Balaban J connectivity index is 1.87. The molecule has 0 aliphatic carbocycles. The number of aliphatic hydroxyl groups is 1. The molecule has 2 N–H and O–H groups in total. The third-order valence-corrected chi connectivity index (χ3v) is 4.23. The van der Waals surface area contributed by atoms with Crippen LogP contribution < -0.4 is 5.32 Å². The van der Waals surface area contributed by atoms with Crippen molar-refractivity contribution in [3.63, 3.8) is 0 Å². The minimum absolute atomic E-state index is 0.0368. The Morgan fingerprint density at radius 3 is 2.13 bits per heavy atom. The Labute approximate surface area is 136 Å². The largest absolute Gasteiger partial charge is 0.376 e. The second-order valence-corrected chi connectivity index (χ2v) is 5.79. The van der Waals surface area contributed by atoms with E-state index in [1.54, 1.807) is 24.3 Å². The maximum Gasteiger partial charge on any atom is 0.261 e. The van der Waals surface area contributed by atoms with Crippen molar-refractivity contribution in [3.05, 3.63) is 71.8 Å². The highest BCUT2D eigenvalue weighted by molar-refractivity contribution is 5.90. The number of benzene rings is 2. The van der Waals surface area contributed by atoms with Gasteiger partial charge in [0, 0.05) is 13.2 Å². The van der Waals surface area contributed by atoms with Crippen LogP contribution in [-0.2, 0) is 15.1 Å². The van der Waals surface area contributed by atoms with Gasteiger partial charge >= 0.3 is 0 Å². The van der Waals surface area contributed by atoms with Crippen LogP contribution in [0.3, 0.4) is 0 Å². The highest BCUT2D eigenvalue weighted by Crippen LogP contribution is 2.30. The molecule has 1 atom stereocenters. The molecular formula is C19H21NO3. The maximum absolute atomic E-state index is 12.8. The first-order valence-corrected chi connectivity index (χ1v) is 7.94. The zero-order valence-corrected chi connectivity index (χ0v) is 12.9. The molecule has 2 aromatic rings. The van der Waals surface area contributed by atoms with E-state index in [9.17, 15) is 9.90 Å². The lowest BCUT2D eigenvalue weighted by Gasteiger charge is -2.28. The number of amides is 1. The van der Waals surface area contributed by atoms with E-state index in [0.29, 0.717) is 17.7 Å². The minimum Gasteiger partial charge on any atom is -0.376 e. The molecule has 4 heteroatoms. The molecule has 0 bridgehead atoms. The summed E-state index contributed by atoms with van der Waals surface area (Å²) in [6, 6.07) is 18.0. The van der Waals surface area contributed by atoms with E-state index in [0.717, 1.165) is 19.4 Å². The third kappa shape index (κ3) is 3.28. The molecule has 0 saturated carbocycles. The molecular weight excluding hydrogens is 290 g/mol. The molecule has 1 saturated heterocycles. The lowest BCUT2D eigenvalue weighted by molar-refractivity contribution is -0.137. The predicted molar refractivity (Wildman–Crippen MR) is 87.9 cm³/mol. The number of rotatable bonds is 5. The highest BCUT2D eigenvalue weighted by atomic mass is 16.5. The van der Waals surface area contributed by atoms with Gasteiger partial charge in [-0.3, -0.25) is 4.79 Å². The molecule has 1 unspecified atom stereocenters. The number of hydrogen-bond donors (Lipinski definition) is 2. The Bertz CT molecular complexity index is 597. The van der Waals surface area contributed by atoms with Crippen molar-refractivity contribution in [1.29, 1.82) is 0 Å². The van der Waals surface area contributed by atoms with Crippen LogP contribution >= 0.6 is 0 Å². The standard InChI is InChI=1S/C19H21NO3/c21-18(20-14-17-12-7-13-23-17)19(22,15-8-3-1-4-9-15)16-10-5-2-6-11-16/h1-6,8-11,17,22H,7,12-14H2,(H,20,21). The fraction of sp³-hybridized carbons (Fsp3) is 0.316. The summed E-state index contributed by atoms with van der Waals surface area (Å²) in [5, 5.41) is 14.1. The van der Waals surface area contributed by atoms with Crippen molar-refractivity contribution in [2.45, 2.75) is 24.5 Å². The summed E-state index contributed by atoms with van der Waals surface area (Å²) in [7, 11) is 0. The minimum atomic E-state index is -1.71. The molecule has 0 spiro atoms. The van der Waals surface area contributed by atoms with E-state index in [4.69, 9.17) is 4.74 Å². The van der Waals surface area contributed by atoms with Gasteiger partial charge < -0.3 is 15.2 Å². The maximum atomic E-state index is 12.8. The number of ether oxygens (including phenoxy) is 1. The van der Waals surface area contributed by atoms with Crippen LogP contribution in [-0.4, -0.2) is 30.3 Å². The fourth-order valence-electron chi connectivity index (χ4n) is 2.93. The zero-order chi connectivity index (χ0) is 16.1. The predicted octanol–water partition coefficient (Wildman–Crippen LogP) is 2.22. The number of hydrogen-bond acceptors (Lipinski definition) is 3. The van der Waals surface area contributed by atoms with Gasteiger partial charge in [-0.25, -0.2) is 0 Å². The van der Waals surface area contributed by atoms with Gasteiger partial charge in [0.25, 0.3) is 5.91 Å². The Hall–Kier alpha value is -2.17. The summed E-state index contributed by atoms with van der Waals surface area (Å²) >= 11 is 0. The van der Waals surface area contributed by atoms with Crippen molar-refractivity contribution in [2.24, 2.45) is 0 Å². The van der Waals surface area contributed by atoms with Crippen molar-refractivity contribution >= 4 is 5.91 Å². The normalized spacial score (nSPS) is 17.9. The molecule has 2 aromatic carbocycles. The summed E-state index contributed by atoms with van der Waals surface area (Å²) < 4.78 is 5.53. The number of carbonyl (C=O) groups excluding carboxylic acids is 1. The molecule has 0 aromatic heterocycles. The second-order valence-electron chi connectivity index (χ2n) is 5.79. The van der Waals surface area contributed by atoms with Gasteiger partial charge in [-0.05, 0) is 24.0 Å². The summed E-state index contributed by atoms with van der Waals surface area (Å²) in [5.41, 5.74) is -0.603. The average Bonchev–Trinajstić information content (AvgIpc) is 3.14. The first kappa shape index (κ1) is 15.7. The third-order valence-electron chi connectivity index (χ3n) is 4.23. The van der Waals surface area contributed by atoms with Crippen LogP contribution in [0.2, 0.25) is 0 Å². The van der Waals surface area contributed by atoms with Gasteiger partial charge in [0.05, 0.1) is 6.10 Å². The Morgan fingerprint density at radius 1 is 1.09 bits per heavy atom. The summed E-state index contributed by atoms with van der Waals surface area (Å²) in [6.45, 7) is 1.16. The second kappa shape index (κ2) is 6.94. The molecule has 1 aliphatic rings. The van der Waals surface area contributed by atoms with Crippen LogP contribution in [0, 0.1) is 0 Å². The van der Waals surface area contributed by atoms with Crippen LogP contribution in [0.5, 0.6) is 0 Å². The van der Waals surface area contributed by atoms with E-state index in [-0.39, 0.29) is 6.10 Å². The first-order valence-electron chi connectivity index (χ1n) is 7.94. The average molecular weight is 311 g/mol. The molecule has 1 fully saturated rings. The van der Waals surface area contributed by atoms with Crippen LogP contribution in [0.25, 0.3) is 0 Å². The smallest absolute Gasteiger partial charge is 0.261 e. The quantitative estimate of drug-likeness (QED) is 0.890. The molecule has 4 nitrogen and oxygen atoms in total. The van der Waals surface area contributed by atoms with Crippen molar-refractivity contribution in [2.75, 3.05) is 13.2 Å². The van der Waals surface area contributed by atoms with Gasteiger partial charge in [0.2, 0.25) is 0 Å². The van der Waals surface area contributed by atoms with Crippen molar-refractivity contribution < 1.29 is 14.6 Å². The van der Waals surface area contributed by atoms with E-state index in [2.05, 4.69) is 5.32 Å². The molecule has 0 radical (unpaired) electrons. The SMILES string of the molecule is O=C(NCC1CCCO1)C(O)(c1ccccc1)c1ccccc1. The van der Waals surface area contributed by atoms with Crippen molar-refractivity contribution in [3.8, 4) is 0 Å². The van der Waals surface area contributed by atoms with E-state index in [1.807, 2.05) is 36.4 Å². The topological polar surface area (TPSA) is 58.6 Å². The van der Waals surface area contributed by atoms with E-state index in [1.165, 1.54) is 0 Å².